The minimum absolute atomic E-state index is 0.169. The van der Waals surface area contributed by atoms with Crippen molar-refractivity contribution in [3.63, 3.8) is 0 Å². The molecular formula is C26H40N2O7. The lowest BCUT2D eigenvalue weighted by atomic mass is 9.83. The van der Waals surface area contributed by atoms with Gasteiger partial charge in [0.1, 0.15) is 18.0 Å². The highest BCUT2D eigenvalue weighted by Crippen LogP contribution is 2.31. The van der Waals surface area contributed by atoms with Crippen molar-refractivity contribution in [1.82, 2.24) is 10.6 Å². The monoisotopic (exact) mass is 492 g/mol. The summed E-state index contributed by atoms with van der Waals surface area (Å²) in [6, 6.07) is -0.269. The van der Waals surface area contributed by atoms with Crippen LogP contribution in [0.5, 0.6) is 0 Å². The number of hydrogen-bond donors (Lipinski definition) is 5. The Morgan fingerprint density at radius 3 is 2.66 bits per heavy atom. The van der Waals surface area contributed by atoms with Crippen molar-refractivity contribution in [1.29, 1.82) is 0 Å². The number of fused-ring (bicyclic) bond motifs is 1. The molecule has 0 saturated carbocycles. The molecule has 0 radical (unpaired) electrons. The molecule has 1 aliphatic heterocycles. The number of cyclic esters (lactones) is 1. The van der Waals surface area contributed by atoms with Crippen molar-refractivity contribution < 1.29 is 34.4 Å². The van der Waals surface area contributed by atoms with Crippen LogP contribution in [0.3, 0.4) is 0 Å². The van der Waals surface area contributed by atoms with Crippen molar-refractivity contribution in [2.24, 2.45) is 17.8 Å². The number of urea groups is 1. The number of esters is 1. The molecule has 0 aromatic rings. The van der Waals surface area contributed by atoms with Crippen molar-refractivity contribution in [2.75, 3.05) is 20.2 Å². The predicted molar refractivity (Wildman–Crippen MR) is 132 cm³/mol. The Balaban J connectivity index is 2.15. The third-order valence-electron chi connectivity index (χ3n) is 6.48. The smallest absolute Gasteiger partial charge is 0.314 e. The SMILES string of the molecule is C=C1/C=C\[C@@H](C)C(C)OC(=O)[C@@H]2C(O)C=C(OCCCNC(=O)NC)C=CC2CCCC(O)C1O. The normalized spacial score (nSPS) is 33.3. The van der Waals surface area contributed by atoms with Gasteiger partial charge in [-0.05, 0) is 49.8 Å². The zero-order valence-electron chi connectivity index (χ0n) is 20.9. The summed E-state index contributed by atoms with van der Waals surface area (Å²) in [4.78, 5) is 24.4. The second kappa shape index (κ2) is 14.1. The molecule has 35 heavy (non-hydrogen) atoms. The van der Waals surface area contributed by atoms with E-state index in [0.717, 1.165) is 0 Å². The van der Waals surface area contributed by atoms with E-state index in [9.17, 15) is 24.9 Å². The number of rotatable bonds is 5. The quantitative estimate of drug-likeness (QED) is 0.292. The van der Waals surface area contributed by atoms with E-state index in [1.54, 1.807) is 25.2 Å². The maximum Gasteiger partial charge on any atom is 0.314 e. The third kappa shape index (κ3) is 8.83. The summed E-state index contributed by atoms with van der Waals surface area (Å²) in [5.41, 5.74) is 0.402. The highest BCUT2D eigenvalue weighted by Gasteiger charge is 2.37. The lowest BCUT2D eigenvalue weighted by Gasteiger charge is -2.28. The minimum atomic E-state index is -1.12. The van der Waals surface area contributed by atoms with Crippen LogP contribution in [-0.4, -0.2) is 71.9 Å². The number of allylic oxidation sites excluding steroid dienone is 2. The molecule has 0 bridgehead atoms. The number of aliphatic hydroxyl groups is 3. The molecule has 9 nitrogen and oxygen atoms in total. The summed E-state index contributed by atoms with van der Waals surface area (Å²) in [7, 11) is 1.54. The van der Waals surface area contributed by atoms with Crippen LogP contribution in [0.1, 0.15) is 39.5 Å². The van der Waals surface area contributed by atoms with E-state index in [1.807, 2.05) is 13.0 Å². The summed E-state index contributed by atoms with van der Waals surface area (Å²) in [5.74, 6) is -1.41. The molecule has 2 amide bonds. The molecular weight excluding hydrogens is 452 g/mol. The maximum atomic E-state index is 13.2. The average molecular weight is 493 g/mol. The zero-order valence-corrected chi connectivity index (χ0v) is 20.9. The largest absolute Gasteiger partial charge is 0.494 e. The van der Waals surface area contributed by atoms with Gasteiger partial charge >= 0.3 is 12.0 Å². The first-order valence-corrected chi connectivity index (χ1v) is 12.2. The number of aliphatic hydroxyl groups excluding tert-OH is 3. The fraction of sp³-hybridized carbons (Fsp3) is 0.615. The van der Waals surface area contributed by atoms with E-state index in [-0.39, 0.29) is 17.9 Å². The highest BCUT2D eigenvalue weighted by molar-refractivity contribution is 5.75. The van der Waals surface area contributed by atoms with Gasteiger partial charge in [0.15, 0.2) is 0 Å². The van der Waals surface area contributed by atoms with Crippen LogP contribution >= 0.6 is 0 Å². The van der Waals surface area contributed by atoms with Crippen LogP contribution in [0.15, 0.2) is 48.3 Å². The third-order valence-corrected chi connectivity index (χ3v) is 6.48. The van der Waals surface area contributed by atoms with E-state index >= 15 is 0 Å². The first-order valence-electron chi connectivity index (χ1n) is 12.2. The number of ether oxygens (including phenoxy) is 2. The molecule has 0 fully saturated rings. The molecule has 1 heterocycles. The lowest BCUT2D eigenvalue weighted by molar-refractivity contribution is -0.159. The first-order chi connectivity index (χ1) is 16.6. The lowest BCUT2D eigenvalue weighted by Crippen LogP contribution is -2.37. The van der Waals surface area contributed by atoms with Crippen molar-refractivity contribution >= 4 is 12.0 Å². The Morgan fingerprint density at radius 1 is 1.20 bits per heavy atom. The molecule has 9 heteroatoms. The molecule has 0 spiro atoms. The Bertz CT molecular complexity index is 823. The molecule has 2 rings (SSSR count). The number of hydrogen-bond acceptors (Lipinski definition) is 7. The minimum Gasteiger partial charge on any atom is -0.494 e. The van der Waals surface area contributed by atoms with E-state index < -0.39 is 36.3 Å². The average Bonchev–Trinajstić information content (AvgIpc) is 2.98. The topological polar surface area (TPSA) is 137 Å². The van der Waals surface area contributed by atoms with Crippen LogP contribution in [-0.2, 0) is 14.3 Å². The highest BCUT2D eigenvalue weighted by atomic mass is 16.5. The van der Waals surface area contributed by atoms with Crippen LogP contribution in [0.2, 0.25) is 0 Å². The standard InChI is InChI=1S/C26H40N2O7/c1-16-9-10-17(2)24(31)21(29)8-5-7-19-11-12-20(34-14-6-13-28-26(33)27-4)15-22(30)23(19)25(32)35-18(16)3/h9-12,15-16,18-19,21-24,29-31H,2,5-8,13-14H2,1,3-4H3,(H2,27,28,33)/b10-9-/t16-,18?,19?,21?,22?,23+,24?/m1/s1. The zero-order chi connectivity index (χ0) is 26.0. The summed E-state index contributed by atoms with van der Waals surface area (Å²) < 4.78 is 11.5. The predicted octanol–water partition coefficient (Wildman–Crippen LogP) is 1.95. The summed E-state index contributed by atoms with van der Waals surface area (Å²) in [6.45, 7) is 8.25. The van der Waals surface area contributed by atoms with Gasteiger partial charge in [0.25, 0.3) is 0 Å². The molecule has 0 aromatic heterocycles. The van der Waals surface area contributed by atoms with Crippen LogP contribution < -0.4 is 10.6 Å². The Kier molecular flexibility index (Phi) is 11.5. The first kappa shape index (κ1) is 28.6. The van der Waals surface area contributed by atoms with E-state index in [4.69, 9.17) is 9.47 Å². The van der Waals surface area contributed by atoms with Gasteiger partial charge < -0.3 is 35.4 Å². The van der Waals surface area contributed by atoms with Gasteiger partial charge in [0, 0.05) is 19.5 Å². The van der Waals surface area contributed by atoms with Gasteiger partial charge in [-0.1, -0.05) is 38.2 Å². The van der Waals surface area contributed by atoms with E-state index in [1.165, 1.54) is 13.1 Å². The van der Waals surface area contributed by atoms with Crippen LogP contribution in [0.25, 0.3) is 0 Å². The number of nitrogens with one attached hydrogen (secondary N) is 2. The van der Waals surface area contributed by atoms with Gasteiger partial charge in [0.2, 0.25) is 0 Å². The Labute approximate surface area is 207 Å². The number of carbonyl (C=O) groups is 2. The van der Waals surface area contributed by atoms with Crippen LogP contribution in [0.4, 0.5) is 4.79 Å². The second-order valence-electron chi connectivity index (χ2n) is 9.19. The number of carbonyl (C=O) groups excluding carboxylic acids is 2. The maximum absolute atomic E-state index is 13.2. The van der Waals surface area contributed by atoms with E-state index in [2.05, 4.69) is 17.2 Å². The Morgan fingerprint density at radius 2 is 1.94 bits per heavy atom. The molecule has 2 aliphatic rings. The Hall–Kier alpha value is -2.62. The summed E-state index contributed by atoms with van der Waals surface area (Å²) in [6.07, 6.45) is 6.77. The fourth-order valence-corrected chi connectivity index (χ4v) is 4.02. The molecule has 5 unspecified atom stereocenters. The van der Waals surface area contributed by atoms with Gasteiger partial charge in [-0.15, -0.1) is 0 Å². The van der Waals surface area contributed by atoms with Crippen molar-refractivity contribution in [3.8, 4) is 0 Å². The molecule has 0 aromatic carbocycles. The van der Waals surface area contributed by atoms with Crippen molar-refractivity contribution in [2.45, 2.75) is 63.9 Å². The number of amides is 2. The van der Waals surface area contributed by atoms with Crippen LogP contribution in [0, 0.1) is 17.8 Å². The summed E-state index contributed by atoms with van der Waals surface area (Å²) in [5, 5.41) is 36.9. The molecule has 0 saturated heterocycles. The van der Waals surface area contributed by atoms with Gasteiger partial charge in [-0.2, -0.15) is 0 Å². The van der Waals surface area contributed by atoms with Gasteiger partial charge in [-0.3, -0.25) is 4.79 Å². The van der Waals surface area contributed by atoms with Gasteiger partial charge in [-0.25, -0.2) is 4.79 Å². The summed E-state index contributed by atoms with van der Waals surface area (Å²) >= 11 is 0. The molecule has 5 N–H and O–H groups in total. The van der Waals surface area contributed by atoms with E-state index in [0.29, 0.717) is 50.2 Å². The van der Waals surface area contributed by atoms with Gasteiger partial charge in [0.05, 0.1) is 24.7 Å². The molecule has 7 atom stereocenters. The molecule has 196 valence electrons. The molecule has 1 aliphatic carbocycles. The van der Waals surface area contributed by atoms with Crippen molar-refractivity contribution in [3.05, 3.63) is 48.3 Å². The fourth-order valence-electron chi connectivity index (χ4n) is 4.02. The second-order valence-corrected chi connectivity index (χ2v) is 9.19.